The van der Waals surface area contributed by atoms with E-state index in [1.807, 2.05) is 24.3 Å². The van der Waals surface area contributed by atoms with Crippen molar-refractivity contribution in [2.75, 3.05) is 13.7 Å². The second-order valence-electron chi connectivity index (χ2n) is 5.51. The minimum Gasteiger partial charge on any atom is -0.468 e. The molecule has 2 aromatic carbocycles. The van der Waals surface area contributed by atoms with Crippen LogP contribution < -0.4 is 0 Å². The molecule has 0 aromatic heterocycles. The Morgan fingerprint density at radius 1 is 1.22 bits per heavy atom. The monoisotopic (exact) mass is 335 g/mol. The van der Waals surface area contributed by atoms with Crippen molar-refractivity contribution >= 4 is 26.8 Å². The van der Waals surface area contributed by atoms with Crippen LogP contribution >= 0.6 is 0 Å². The molecule has 23 heavy (non-hydrogen) atoms. The highest BCUT2D eigenvalue weighted by atomic mass is 32.2. The van der Waals surface area contributed by atoms with Gasteiger partial charge in [0.1, 0.15) is 6.04 Å². The predicted octanol–water partition coefficient (Wildman–Crippen LogP) is 1.14. The van der Waals surface area contributed by atoms with E-state index in [9.17, 15) is 18.3 Å². The standard InChI is InChI=1S/C16H17NO5S/c1-22-16(19)15-9-13(18)10-17(15)23(20,21)14-7-6-11-4-2-3-5-12(11)8-14/h2-8,13,15,18H,9-10H2,1H3/t13-,15+/m0/s1. The van der Waals surface area contributed by atoms with Crippen molar-refractivity contribution < 1.29 is 23.1 Å². The molecule has 1 heterocycles. The van der Waals surface area contributed by atoms with Gasteiger partial charge in [-0.05, 0) is 22.9 Å². The number of sulfonamides is 1. The summed E-state index contributed by atoms with van der Waals surface area (Å²) in [6.45, 7) is -0.116. The van der Waals surface area contributed by atoms with E-state index in [-0.39, 0.29) is 17.9 Å². The molecule has 0 spiro atoms. The number of methoxy groups -OCH3 is 1. The minimum atomic E-state index is -3.89. The van der Waals surface area contributed by atoms with Crippen molar-refractivity contribution in [2.45, 2.75) is 23.5 Å². The third kappa shape index (κ3) is 2.83. The normalized spacial score (nSPS) is 22.3. The van der Waals surface area contributed by atoms with Crippen molar-refractivity contribution in [2.24, 2.45) is 0 Å². The zero-order valence-electron chi connectivity index (χ0n) is 12.5. The first-order chi connectivity index (χ1) is 10.9. The average molecular weight is 335 g/mol. The number of esters is 1. The summed E-state index contributed by atoms with van der Waals surface area (Å²) in [6.07, 6.45) is -0.839. The highest BCUT2D eigenvalue weighted by molar-refractivity contribution is 7.89. The maximum Gasteiger partial charge on any atom is 0.324 e. The zero-order chi connectivity index (χ0) is 16.6. The van der Waals surface area contributed by atoms with Gasteiger partial charge in [-0.2, -0.15) is 4.31 Å². The fourth-order valence-electron chi connectivity index (χ4n) is 2.86. The number of aliphatic hydroxyl groups excluding tert-OH is 1. The molecule has 0 amide bonds. The number of β-amino-alcohol motifs (C(OH)–C–C–N with tert-alkyl or cyclic N) is 1. The third-order valence-corrected chi connectivity index (χ3v) is 5.91. The number of rotatable bonds is 3. The van der Waals surface area contributed by atoms with Crippen LogP contribution in [-0.4, -0.2) is 49.6 Å². The summed E-state index contributed by atoms with van der Waals surface area (Å²) >= 11 is 0. The lowest BCUT2D eigenvalue weighted by Gasteiger charge is -2.22. The van der Waals surface area contributed by atoms with Crippen molar-refractivity contribution in [3.8, 4) is 0 Å². The maximum absolute atomic E-state index is 12.9. The van der Waals surface area contributed by atoms with Gasteiger partial charge in [-0.1, -0.05) is 30.3 Å². The zero-order valence-corrected chi connectivity index (χ0v) is 13.4. The number of hydrogen-bond acceptors (Lipinski definition) is 5. The van der Waals surface area contributed by atoms with E-state index in [1.54, 1.807) is 12.1 Å². The lowest BCUT2D eigenvalue weighted by Crippen LogP contribution is -2.41. The average Bonchev–Trinajstić information content (AvgIpc) is 2.96. The molecule has 0 saturated carbocycles. The van der Waals surface area contributed by atoms with Crippen LogP contribution in [0, 0.1) is 0 Å². The first-order valence-corrected chi connectivity index (χ1v) is 8.64. The van der Waals surface area contributed by atoms with Crippen molar-refractivity contribution in [1.29, 1.82) is 0 Å². The molecule has 0 aliphatic carbocycles. The molecule has 0 radical (unpaired) electrons. The minimum absolute atomic E-state index is 0.0412. The maximum atomic E-state index is 12.9. The van der Waals surface area contributed by atoms with Crippen LogP contribution in [-0.2, 0) is 19.6 Å². The first-order valence-electron chi connectivity index (χ1n) is 7.20. The topological polar surface area (TPSA) is 83.9 Å². The molecule has 1 aliphatic rings. The van der Waals surface area contributed by atoms with E-state index in [1.165, 1.54) is 13.2 Å². The predicted molar refractivity (Wildman–Crippen MR) is 84.3 cm³/mol. The molecule has 1 N–H and O–H groups in total. The molecule has 7 heteroatoms. The molecule has 3 rings (SSSR count). The van der Waals surface area contributed by atoms with Crippen LogP contribution in [0.3, 0.4) is 0 Å². The summed E-state index contributed by atoms with van der Waals surface area (Å²) < 4.78 is 31.4. The van der Waals surface area contributed by atoms with Gasteiger partial charge in [-0.3, -0.25) is 4.79 Å². The van der Waals surface area contributed by atoms with E-state index in [0.717, 1.165) is 15.1 Å². The first kappa shape index (κ1) is 15.9. The quantitative estimate of drug-likeness (QED) is 0.850. The molecule has 2 aromatic rings. The summed E-state index contributed by atoms with van der Waals surface area (Å²) in [5.41, 5.74) is 0. The number of aliphatic hydroxyl groups is 1. The summed E-state index contributed by atoms with van der Waals surface area (Å²) in [5, 5.41) is 11.5. The smallest absolute Gasteiger partial charge is 0.324 e. The SMILES string of the molecule is COC(=O)[C@H]1C[C@H](O)CN1S(=O)(=O)c1ccc2ccccc2c1. The van der Waals surface area contributed by atoms with Crippen molar-refractivity contribution in [3.63, 3.8) is 0 Å². The van der Waals surface area contributed by atoms with Crippen LogP contribution in [0.2, 0.25) is 0 Å². The highest BCUT2D eigenvalue weighted by Gasteiger charge is 2.44. The number of benzene rings is 2. The fraction of sp³-hybridized carbons (Fsp3) is 0.312. The van der Waals surface area contributed by atoms with Crippen LogP contribution in [0.5, 0.6) is 0 Å². The lowest BCUT2D eigenvalue weighted by molar-refractivity contribution is -0.144. The Balaban J connectivity index is 2.03. The van der Waals surface area contributed by atoms with Gasteiger partial charge in [-0.25, -0.2) is 8.42 Å². The lowest BCUT2D eigenvalue weighted by atomic mass is 10.1. The third-order valence-electron chi connectivity index (χ3n) is 4.03. The van der Waals surface area contributed by atoms with Crippen LogP contribution in [0.15, 0.2) is 47.4 Å². The van der Waals surface area contributed by atoms with Gasteiger partial charge in [0.15, 0.2) is 0 Å². The van der Waals surface area contributed by atoms with Crippen LogP contribution in [0.4, 0.5) is 0 Å². The summed E-state index contributed by atoms with van der Waals surface area (Å²) in [4.78, 5) is 11.9. The molecule has 1 aliphatic heterocycles. The van der Waals surface area contributed by atoms with E-state index in [4.69, 9.17) is 0 Å². The van der Waals surface area contributed by atoms with E-state index in [0.29, 0.717) is 0 Å². The van der Waals surface area contributed by atoms with E-state index in [2.05, 4.69) is 4.74 Å². The molecular formula is C16H17NO5S. The number of carbonyl (C=O) groups is 1. The van der Waals surface area contributed by atoms with Gasteiger partial charge in [0.05, 0.1) is 18.1 Å². The summed E-state index contributed by atoms with van der Waals surface area (Å²) in [7, 11) is -2.69. The van der Waals surface area contributed by atoms with Gasteiger partial charge in [-0.15, -0.1) is 0 Å². The van der Waals surface area contributed by atoms with Gasteiger partial charge in [0, 0.05) is 13.0 Å². The van der Waals surface area contributed by atoms with Crippen molar-refractivity contribution in [1.82, 2.24) is 4.31 Å². The molecular weight excluding hydrogens is 318 g/mol. The number of carbonyl (C=O) groups excluding carboxylic acids is 1. The molecule has 0 bridgehead atoms. The van der Waals surface area contributed by atoms with Gasteiger partial charge >= 0.3 is 5.97 Å². The van der Waals surface area contributed by atoms with Gasteiger partial charge in [0.2, 0.25) is 10.0 Å². The Kier molecular flexibility index (Phi) is 4.09. The number of fused-ring (bicyclic) bond motifs is 1. The molecule has 2 atom stereocenters. The molecule has 0 unspecified atom stereocenters. The highest BCUT2D eigenvalue weighted by Crippen LogP contribution is 2.28. The number of ether oxygens (including phenoxy) is 1. The molecule has 1 fully saturated rings. The van der Waals surface area contributed by atoms with Gasteiger partial charge in [0.25, 0.3) is 0 Å². The Morgan fingerprint density at radius 3 is 2.61 bits per heavy atom. The van der Waals surface area contributed by atoms with Crippen molar-refractivity contribution in [3.05, 3.63) is 42.5 Å². The summed E-state index contributed by atoms with van der Waals surface area (Å²) in [5.74, 6) is -0.661. The largest absolute Gasteiger partial charge is 0.468 e. The van der Waals surface area contributed by atoms with E-state index < -0.39 is 28.1 Å². The molecule has 1 saturated heterocycles. The molecule has 6 nitrogen and oxygen atoms in total. The summed E-state index contributed by atoms with van der Waals surface area (Å²) in [6, 6.07) is 11.2. The number of nitrogens with zero attached hydrogens (tertiary/aromatic N) is 1. The Labute approximate surface area is 134 Å². The van der Waals surface area contributed by atoms with E-state index >= 15 is 0 Å². The van der Waals surface area contributed by atoms with Crippen LogP contribution in [0.25, 0.3) is 10.8 Å². The Bertz CT molecular complexity index is 848. The van der Waals surface area contributed by atoms with Crippen LogP contribution in [0.1, 0.15) is 6.42 Å². The fourth-order valence-corrected chi connectivity index (χ4v) is 4.53. The Morgan fingerprint density at radius 2 is 1.91 bits per heavy atom. The second-order valence-corrected chi connectivity index (χ2v) is 7.40. The second kappa shape index (κ2) is 5.92. The number of hydrogen-bond donors (Lipinski definition) is 1. The Hall–Kier alpha value is -1.96. The van der Waals surface area contributed by atoms with Gasteiger partial charge < -0.3 is 9.84 Å². The molecule has 122 valence electrons.